The number of ether oxygens (including phenoxy) is 1. The summed E-state index contributed by atoms with van der Waals surface area (Å²) < 4.78 is 5.74. The molecule has 1 amide bonds. The number of amides is 1. The normalized spacial score (nSPS) is 23.8. The van der Waals surface area contributed by atoms with Crippen molar-refractivity contribution in [2.24, 2.45) is 0 Å². The van der Waals surface area contributed by atoms with Crippen LogP contribution in [-0.4, -0.2) is 54.7 Å². The molecule has 0 aromatic heterocycles. The molecule has 25 heavy (non-hydrogen) atoms. The van der Waals surface area contributed by atoms with Gasteiger partial charge in [-0.15, -0.1) is 24.2 Å². The van der Waals surface area contributed by atoms with Crippen molar-refractivity contribution in [3.05, 3.63) is 34.9 Å². The first-order valence-corrected chi connectivity index (χ1v) is 10.2. The van der Waals surface area contributed by atoms with E-state index in [0.717, 1.165) is 49.0 Å². The van der Waals surface area contributed by atoms with E-state index in [0.29, 0.717) is 11.9 Å². The van der Waals surface area contributed by atoms with Crippen LogP contribution in [0.1, 0.15) is 30.9 Å². The molecule has 0 aliphatic carbocycles. The predicted octanol–water partition coefficient (Wildman–Crippen LogP) is 3.54. The van der Waals surface area contributed by atoms with Crippen molar-refractivity contribution in [1.82, 2.24) is 10.2 Å². The zero-order chi connectivity index (χ0) is 16.8. The molecule has 1 N–H and O–H groups in total. The van der Waals surface area contributed by atoms with Crippen molar-refractivity contribution in [3.63, 3.8) is 0 Å². The molecule has 7 heteroatoms. The maximum Gasteiger partial charge on any atom is 0.233 e. The number of nitrogens with zero attached hydrogens (tertiary/aromatic N) is 1. The molecule has 1 aromatic rings. The lowest BCUT2D eigenvalue weighted by molar-refractivity contribution is -0.131. The molecule has 140 valence electrons. The zero-order valence-electron chi connectivity index (χ0n) is 14.3. The van der Waals surface area contributed by atoms with Crippen LogP contribution < -0.4 is 5.32 Å². The first kappa shape index (κ1) is 20.8. The number of hydrogen-bond donors (Lipinski definition) is 1. The molecule has 4 nitrogen and oxygen atoms in total. The Labute approximate surface area is 165 Å². The molecule has 2 fully saturated rings. The van der Waals surface area contributed by atoms with Crippen LogP contribution in [0.4, 0.5) is 0 Å². The van der Waals surface area contributed by atoms with E-state index in [2.05, 4.69) is 5.32 Å². The largest absolute Gasteiger partial charge is 0.377 e. The molecule has 1 aromatic carbocycles. The fraction of sp³-hybridized carbons (Fsp3) is 0.611. The Hall–Kier alpha value is -0.460. The lowest BCUT2D eigenvalue weighted by Gasteiger charge is -2.37. The molecule has 2 atom stereocenters. The van der Waals surface area contributed by atoms with E-state index in [1.165, 1.54) is 12.8 Å². The quantitative estimate of drug-likeness (QED) is 0.814. The topological polar surface area (TPSA) is 41.6 Å². The van der Waals surface area contributed by atoms with Gasteiger partial charge in [0.05, 0.1) is 17.9 Å². The molecule has 3 rings (SSSR count). The van der Waals surface area contributed by atoms with Gasteiger partial charge in [-0.05, 0) is 30.9 Å². The van der Waals surface area contributed by atoms with Crippen molar-refractivity contribution >= 4 is 41.7 Å². The van der Waals surface area contributed by atoms with Crippen LogP contribution in [0, 0.1) is 0 Å². The fourth-order valence-corrected chi connectivity index (χ4v) is 4.57. The Balaban J connectivity index is 0.00000225. The fourth-order valence-electron chi connectivity index (χ4n) is 3.33. The van der Waals surface area contributed by atoms with Crippen LogP contribution in [-0.2, 0) is 9.53 Å². The van der Waals surface area contributed by atoms with Gasteiger partial charge in [-0.2, -0.15) is 0 Å². The second-order valence-electron chi connectivity index (χ2n) is 6.33. The number of nitrogens with one attached hydrogen (secondary N) is 1. The lowest BCUT2D eigenvalue weighted by atomic mass is 10.0. The second-order valence-corrected chi connectivity index (χ2v) is 7.77. The lowest BCUT2D eigenvalue weighted by Crippen LogP contribution is -2.49. The molecule has 2 aliphatic heterocycles. The molecule has 2 saturated heterocycles. The van der Waals surface area contributed by atoms with E-state index in [1.807, 2.05) is 29.2 Å². The number of carbonyl (C=O) groups is 1. The van der Waals surface area contributed by atoms with Crippen molar-refractivity contribution in [2.45, 2.75) is 31.4 Å². The molecular weight excluding hydrogens is 379 g/mol. The molecule has 0 radical (unpaired) electrons. The van der Waals surface area contributed by atoms with E-state index >= 15 is 0 Å². The summed E-state index contributed by atoms with van der Waals surface area (Å²) in [7, 11) is 0. The van der Waals surface area contributed by atoms with Crippen LogP contribution in [0.5, 0.6) is 0 Å². The Bertz CT molecular complexity index is 556. The van der Waals surface area contributed by atoms with Gasteiger partial charge in [0.15, 0.2) is 0 Å². The summed E-state index contributed by atoms with van der Waals surface area (Å²) in [5, 5.41) is 4.10. The van der Waals surface area contributed by atoms with E-state index in [1.54, 1.807) is 11.8 Å². The minimum absolute atomic E-state index is 0. The van der Waals surface area contributed by atoms with Gasteiger partial charge in [-0.25, -0.2) is 0 Å². The number of hydrogen-bond acceptors (Lipinski definition) is 4. The van der Waals surface area contributed by atoms with Crippen LogP contribution in [0.2, 0.25) is 5.02 Å². The van der Waals surface area contributed by atoms with Crippen molar-refractivity contribution in [1.29, 1.82) is 0 Å². The Morgan fingerprint density at radius 3 is 2.96 bits per heavy atom. The number of rotatable bonds is 5. The number of benzene rings is 1. The predicted molar refractivity (Wildman–Crippen MR) is 107 cm³/mol. The van der Waals surface area contributed by atoms with Gasteiger partial charge in [-0.1, -0.05) is 29.8 Å². The number of carbonyl (C=O) groups excluding carboxylic acids is 1. The van der Waals surface area contributed by atoms with Crippen LogP contribution in [0.15, 0.2) is 24.3 Å². The van der Waals surface area contributed by atoms with Crippen molar-refractivity contribution in [2.75, 3.05) is 37.7 Å². The Kier molecular flexibility index (Phi) is 8.87. The molecule has 2 unspecified atom stereocenters. The van der Waals surface area contributed by atoms with Gasteiger partial charge < -0.3 is 15.0 Å². The summed E-state index contributed by atoms with van der Waals surface area (Å²) in [6.45, 7) is 3.19. The standard InChI is InChI=1S/C18H25ClN2O2S.ClH/c19-16-7-2-1-6-15(16)17-11-20-8-9-21(17)18(22)13-24-12-14-5-3-4-10-23-14;/h1-2,6-7,14,17,20H,3-5,8-13H2;1H. The van der Waals surface area contributed by atoms with Gasteiger partial charge in [0.2, 0.25) is 5.91 Å². The van der Waals surface area contributed by atoms with Crippen LogP contribution in [0.25, 0.3) is 0 Å². The first-order valence-electron chi connectivity index (χ1n) is 8.69. The van der Waals surface area contributed by atoms with Crippen molar-refractivity contribution < 1.29 is 9.53 Å². The van der Waals surface area contributed by atoms with Gasteiger partial charge in [0, 0.05) is 37.0 Å². The number of halogens is 2. The third-order valence-corrected chi connectivity index (χ3v) is 6.03. The highest BCUT2D eigenvalue weighted by molar-refractivity contribution is 7.99. The molecule has 0 saturated carbocycles. The van der Waals surface area contributed by atoms with Gasteiger partial charge in [0.1, 0.15) is 0 Å². The maximum absolute atomic E-state index is 12.7. The highest BCUT2D eigenvalue weighted by Gasteiger charge is 2.29. The zero-order valence-corrected chi connectivity index (χ0v) is 16.7. The minimum atomic E-state index is 0. The maximum atomic E-state index is 12.7. The molecular formula is C18H26Cl2N2O2S. The van der Waals surface area contributed by atoms with E-state index in [4.69, 9.17) is 16.3 Å². The smallest absolute Gasteiger partial charge is 0.233 e. The summed E-state index contributed by atoms with van der Waals surface area (Å²) in [6, 6.07) is 7.83. The summed E-state index contributed by atoms with van der Waals surface area (Å²) in [6.07, 6.45) is 3.85. The van der Waals surface area contributed by atoms with E-state index in [-0.39, 0.29) is 24.4 Å². The second kappa shape index (κ2) is 10.6. The molecule has 2 aliphatic rings. The van der Waals surface area contributed by atoms with Gasteiger partial charge in [-0.3, -0.25) is 4.79 Å². The SMILES string of the molecule is Cl.O=C(CSCC1CCCCO1)N1CCNCC1c1ccccc1Cl. The van der Waals surface area contributed by atoms with Gasteiger partial charge >= 0.3 is 0 Å². The Morgan fingerprint density at radius 1 is 1.36 bits per heavy atom. The number of thioether (sulfide) groups is 1. The monoisotopic (exact) mass is 404 g/mol. The summed E-state index contributed by atoms with van der Waals surface area (Å²) in [4.78, 5) is 14.7. The highest BCUT2D eigenvalue weighted by atomic mass is 35.5. The summed E-state index contributed by atoms with van der Waals surface area (Å²) in [5.41, 5.74) is 1.03. The average molecular weight is 405 g/mol. The third kappa shape index (κ3) is 5.76. The Morgan fingerprint density at radius 2 is 2.20 bits per heavy atom. The molecule has 2 heterocycles. The van der Waals surface area contributed by atoms with Crippen molar-refractivity contribution in [3.8, 4) is 0 Å². The molecule has 0 spiro atoms. The first-order chi connectivity index (χ1) is 11.8. The van der Waals surface area contributed by atoms with E-state index in [9.17, 15) is 4.79 Å². The third-order valence-electron chi connectivity index (χ3n) is 4.63. The number of piperazine rings is 1. The van der Waals surface area contributed by atoms with Crippen LogP contribution in [0.3, 0.4) is 0 Å². The highest BCUT2D eigenvalue weighted by Crippen LogP contribution is 2.29. The molecule has 0 bridgehead atoms. The summed E-state index contributed by atoms with van der Waals surface area (Å²) >= 11 is 8.04. The van der Waals surface area contributed by atoms with Crippen LogP contribution >= 0.6 is 35.8 Å². The minimum Gasteiger partial charge on any atom is -0.377 e. The van der Waals surface area contributed by atoms with E-state index < -0.39 is 0 Å². The average Bonchev–Trinajstić information content (AvgIpc) is 2.63. The summed E-state index contributed by atoms with van der Waals surface area (Å²) in [5.74, 6) is 1.62. The van der Waals surface area contributed by atoms with Gasteiger partial charge in [0.25, 0.3) is 0 Å².